The van der Waals surface area contributed by atoms with Crippen LogP contribution < -0.4 is 24.6 Å². The van der Waals surface area contributed by atoms with Crippen molar-refractivity contribution in [2.75, 3.05) is 38.3 Å². The second-order valence-corrected chi connectivity index (χ2v) is 7.49. The molecule has 0 saturated carbocycles. The zero-order valence-electron chi connectivity index (χ0n) is 16.0. The van der Waals surface area contributed by atoms with Gasteiger partial charge in [-0.15, -0.1) is 0 Å². The third-order valence-electron chi connectivity index (χ3n) is 5.61. The van der Waals surface area contributed by atoms with Crippen LogP contribution >= 0.6 is 0 Å². The van der Waals surface area contributed by atoms with E-state index in [2.05, 4.69) is 17.4 Å². The normalized spacial score (nSPS) is 21.9. The van der Waals surface area contributed by atoms with Crippen molar-refractivity contribution in [3.05, 3.63) is 53.8 Å². The van der Waals surface area contributed by atoms with E-state index in [1.165, 1.54) is 27.5 Å². The second kappa shape index (κ2) is 8.16. The molecule has 148 valence electrons. The van der Waals surface area contributed by atoms with Crippen molar-refractivity contribution in [2.24, 2.45) is 0 Å². The van der Waals surface area contributed by atoms with Crippen LogP contribution in [-0.2, 0) is 11.3 Å². The lowest BCUT2D eigenvalue weighted by Crippen LogP contribution is -3.29. The van der Waals surface area contributed by atoms with Gasteiger partial charge in [-0.3, -0.25) is 4.79 Å². The summed E-state index contributed by atoms with van der Waals surface area (Å²) in [5.41, 5.74) is 1.87. The Balaban J connectivity index is 1.27. The van der Waals surface area contributed by atoms with Gasteiger partial charge < -0.3 is 24.6 Å². The summed E-state index contributed by atoms with van der Waals surface area (Å²) in [5.74, 6) is 1.31. The van der Waals surface area contributed by atoms with Gasteiger partial charge >= 0.3 is 0 Å². The molecule has 1 amide bonds. The first-order chi connectivity index (χ1) is 13.6. The summed E-state index contributed by atoms with van der Waals surface area (Å²) in [6.07, 6.45) is 0. The van der Waals surface area contributed by atoms with Gasteiger partial charge in [0.05, 0.1) is 0 Å². The molecule has 2 aromatic rings. The van der Waals surface area contributed by atoms with Crippen molar-refractivity contribution in [1.82, 2.24) is 0 Å². The molecule has 1 fully saturated rings. The van der Waals surface area contributed by atoms with Crippen LogP contribution in [0.4, 0.5) is 10.1 Å². The van der Waals surface area contributed by atoms with Crippen LogP contribution in [0.5, 0.6) is 11.5 Å². The molecule has 1 saturated heterocycles. The first-order valence-electron chi connectivity index (χ1n) is 9.71. The Morgan fingerprint density at radius 3 is 2.54 bits per heavy atom. The number of amides is 1. The molecule has 0 unspecified atom stereocenters. The molecule has 2 aliphatic heterocycles. The molecule has 0 spiro atoms. The maximum Gasteiger partial charge on any atom is 0.282 e. The molecule has 2 heterocycles. The molecule has 4 rings (SSSR count). The molecule has 3 N–H and O–H groups in total. The summed E-state index contributed by atoms with van der Waals surface area (Å²) in [7, 11) is 0. The van der Waals surface area contributed by atoms with E-state index in [9.17, 15) is 9.18 Å². The van der Waals surface area contributed by atoms with Crippen LogP contribution in [0, 0.1) is 5.82 Å². The number of anilines is 1. The quantitative estimate of drug-likeness (QED) is 0.670. The molecule has 28 heavy (non-hydrogen) atoms. The largest absolute Gasteiger partial charge is 0.454 e. The topological polar surface area (TPSA) is 56.4 Å². The Morgan fingerprint density at radius 1 is 1.07 bits per heavy atom. The van der Waals surface area contributed by atoms with Gasteiger partial charge in [-0.25, -0.2) is 4.39 Å². The van der Waals surface area contributed by atoms with Crippen molar-refractivity contribution in [2.45, 2.75) is 19.5 Å². The number of benzene rings is 2. The molecule has 2 aromatic carbocycles. The maximum absolute atomic E-state index is 13.0. The number of halogens is 1. The fraction of sp³-hybridized carbons (Fsp3) is 0.381. The highest BCUT2D eigenvalue weighted by molar-refractivity contribution is 5.93. The Labute approximate surface area is 163 Å². The SMILES string of the molecule is C[C@@H](C(=O)Nc1ccc(F)cc1)[NH+]1CC[NH+](Cc2ccc3c(c2)OCO3)CC1. The first-order valence-corrected chi connectivity index (χ1v) is 9.71. The van der Waals surface area contributed by atoms with Crippen molar-refractivity contribution < 1.29 is 28.5 Å². The molecule has 7 heteroatoms. The molecule has 6 nitrogen and oxygen atoms in total. The number of fused-ring (bicyclic) bond motifs is 1. The minimum atomic E-state index is -0.307. The van der Waals surface area contributed by atoms with Crippen LogP contribution in [0.3, 0.4) is 0 Å². The third-order valence-corrected chi connectivity index (χ3v) is 5.61. The van der Waals surface area contributed by atoms with Crippen molar-refractivity contribution in [1.29, 1.82) is 0 Å². The summed E-state index contributed by atoms with van der Waals surface area (Å²) in [6, 6.07) is 11.9. The highest BCUT2D eigenvalue weighted by Crippen LogP contribution is 2.32. The lowest BCUT2D eigenvalue weighted by molar-refractivity contribution is -1.02. The number of quaternary nitrogens is 2. The second-order valence-electron chi connectivity index (χ2n) is 7.49. The Morgan fingerprint density at radius 2 is 1.79 bits per heavy atom. The first kappa shape index (κ1) is 18.7. The lowest BCUT2D eigenvalue weighted by atomic mass is 10.1. The summed E-state index contributed by atoms with van der Waals surface area (Å²) >= 11 is 0. The summed E-state index contributed by atoms with van der Waals surface area (Å²) in [4.78, 5) is 15.3. The number of rotatable bonds is 5. The summed E-state index contributed by atoms with van der Waals surface area (Å²) in [5, 5.41) is 2.88. The Kier molecular flexibility index (Phi) is 5.45. The van der Waals surface area contributed by atoms with E-state index in [1.54, 1.807) is 12.1 Å². The van der Waals surface area contributed by atoms with Gasteiger partial charge in [0.25, 0.3) is 5.91 Å². The van der Waals surface area contributed by atoms with E-state index in [0.717, 1.165) is 44.2 Å². The smallest absolute Gasteiger partial charge is 0.282 e. The molecular formula is C21H26FN3O3+2. The minimum Gasteiger partial charge on any atom is -0.454 e. The summed E-state index contributed by atoms with van der Waals surface area (Å²) in [6.45, 7) is 7.11. The number of carbonyl (C=O) groups is 1. The van der Waals surface area contributed by atoms with Gasteiger partial charge in [0.1, 0.15) is 38.5 Å². The standard InChI is InChI=1S/C21H24FN3O3/c1-15(21(26)23-18-5-3-17(22)4-6-18)25-10-8-24(9-11-25)13-16-2-7-19-20(12-16)28-14-27-19/h2-7,12,15H,8-11,13-14H2,1H3,(H,23,26)/p+2/t15-/m0/s1. The monoisotopic (exact) mass is 387 g/mol. The van der Waals surface area contributed by atoms with E-state index in [4.69, 9.17) is 9.47 Å². The van der Waals surface area contributed by atoms with Gasteiger partial charge in [0.2, 0.25) is 6.79 Å². The fourth-order valence-electron chi connectivity index (χ4n) is 3.84. The van der Waals surface area contributed by atoms with E-state index < -0.39 is 0 Å². The zero-order chi connectivity index (χ0) is 19.5. The number of nitrogens with one attached hydrogen (secondary N) is 3. The van der Waals surface area contributed by atoms with Gasteiger partial charge in [-0.05, 0) is 49.4 Å². The molecule has 1 atom stereocenters. The number of piperazine rings is 1. The molecule has 0 aliphatic carbocycles. The van der Waals surface area contributed by atoms with Crippen LogP contribution in [0.15, 0.2) is 42.5 Å². The van der Waals surface area contributed by atoms with Crippen molar-refractivity contribution in [3.8, 4) is 11.5 Å². The third kappa shape index (κ3) is 4.26. The lowest BCUT2D eigenvalue weighted by Gasteiger charge is -2.32. The molecule has 0 aromatic heterocycles. The highest BCUT2D eigenvalue weighted by atomic mass is 19.1. The van der Waals surface area contributed by atoms with Gasteiger partial charge in [-0.2, -0.15) is 0 Å². The average Bonchev–Trinajstić information content (AvgIpc) is 3.17. The van der Waals surface area contributed by atoms with E-state index in [-0.39, 0.29) is 17.8 Å². The number of carbonyl (C=O) groups excluding carboxylic acids is 1. The number of ether oxygens (including phenoxy) is 2. The van der Waals surface area contributed by atoms with Gasteiger partial charge in [0.15, 0.2) is 17.5 Å². The molecule has 0 radical (unpaired) electrons. The average molecular weight is 387 g/mol. The van der Waals surface area contributed by atoms with Crippen molar-refractivity contribution >= 4 is 11.6 Å². The van der Waals surface area contributed by atoms with E-state index >= 15 is 0 Å². The van der Waals surface area contributed by atoms with Crippen LogP contribution in [0.1, 0.15) is 12.5 Å². The predicted molar refractivity (Wildman–Crippen MR) is 102 cm³/mol. The van der Waals surface area contributed by atoms with Gasteiger partial charge in [0, 0.05) is 11.3 Å². The van der Waals surface area contributed by atoms with Crippen LogP contribution in [0.25, 0.3) is 0 Å². The Hall–Kier alpha value is -2.64. The molecule has 0 bridgehead atoms. The van der Waals surface area contributed by atoms with E-state index in [1.807, 2.05) is 13.0 Å². The minimum absolute atomic E-state index is 0.0270. The Bertz CT molecular complexity index is 835. The van der Waals surface area contributed by atoms with Crippen molar-refractivity contribution in [3.63, 3.8) is 0 Å². The maximum atomic E-state index is 13.0. The number of hydrogen-bond donors (Lipinski definition) is 3. The fourth-order valence-corrected chi connectivity index (χ4v) is 3.84. The van der Waals surface area contributed by atoms with Crippen LogP contribution in [0.2, 0.25) is 0 Å². The zero-order valence-corrected chi connectivity index (χ0v) is 16.0. The number of hydrogen-bond acceptors (Lipinski definition) is 3. The molecule has 2 aliphatic rings. The van der Waals surface area contributed by atoms with Crippen LogP contribution in [-0.4, -0.2) is 44.9 Å². The molecular weight excluding hydrogens is 361 g/mol. The summed E-state index contributed by atoms with van der Waals surface area (Å²) < 4.78 is 23.8. The van der Waals surface area contributed by atoms with E-state index in [0.29, 0.717) is 12.5 Å². The predicted octanol–water partition coefficient (Wildman–Crippen LogP) is -0.135. The van der Waals surface area contributed by atoms with Gasteiger partial charge in [-0.1, -0.05) is 0 Å². The highest BCUT2D eigenvalue weighted by Gasteiger charge is 2.31.